The van der Waals surface area contributed by atoms with Crippen molar-refractivity contribution in [3.63, 3.8) is 0 Å². The predicted molar refractivity (Wildman–Crippen MR) is 92.4 cm³/mol. The molecule has 1 aliphatic heterocycles. The first-order chi connectivity index (χ1) is 12.5. The molecule has 0 unspecified atom stereocenters. The number of hydrogen-bond acceptors (Lipinski definition) is 8. The molecule has 26 heavy (non-hydrogen) atoms. The van der Waals surface area contributed by atoms with Crippen molar-refractivity contribution < 1.29 is 14.5 Å². The Kier molecular flexibility index (Phi) is 5.12. The molecule has 2 aromatic rings. The average Bonchev–Trinajstić information content (AvgIpc) is 3.11. The van der Waals surface area contributed by atoms with Crippen LogP contribution >= 0.6 is 11.6 Å². The number of hydrogen-bond donors (Lipinski definition) is 1. The number of halogens is 1. The highest BCUT2D eigenvalue weighted by Crippen LogP contribution is 2.23. The molecule has 3 heterocycles. The Morgan fingerprint density at radius 3 is 2.88 bits per heavy atom. The van der Waals surface area contributed by atoms with Gasteiger partial charge in [0, 0.05) is 25.2 Å². The van der Waals surface area contributed by atoms with Gasteiger partial charge in [-0.3, -0.25) is 14.9 Å². The first-order valence-corrected chi connectivity index (χ1v) is 8.08. The van der Waals surface area contributed by atoms with E-state index in [9.17, 15) is 14.9 Å². The summed E-state index contributed by atoms with van der Waals surface area (Å²) < 4.78 is 5.05. The van der Waals surface area contributed by atoms with Crippen LogP contribution in [0.1, 0.15) is 16.9 Å². The van der Waals surface area contributed by atoms with Gasteiger partial charge in [-0.15, -0.1) is 0 Å². The van der Waals surface area contributed by atoms with Gasteiger partial charge < -0.3 is 15.0 Å². The van der Waals surface area contributed by atoms with E-state index in [0.717, 1.165) is 6.20 Å². The minimum atomic E-state index is -0.558. The second-order valence-corrected chi connectivity index (χ2v) is 6.00. The molecule has 11 heteroatoms. The number of likely N-dealkylation sites (tertiary alicyclic amines) is 1. The normalized spacial score (nSPS) is 16.4. The van der Waals surface area contributed by atoms with Crippen LogP contribution < -0.4 is 10.1 Å². The lowest BCUT2D eigenvalue weighted by Gasteiger charge is -2.16. The molecule has 2 aromatic heterocycles. The molecule has 1 N–H and O–H groups in total. The van der Waals surface area contributed by atoms with Crippen molar-refractivity contribution in [2.24, 2.45) is 0 Å². The first-order valence-electron chi connectivity index (χ1n) is 7.70. The SMILES string of the molecule is COc1nc(N[C@H]2CCN(C(=O)c3ccc([N+](=O)[O-])cn3)C2)ncc1Cl. The van der Waals surface area contributed by atoms with Gasteiger partial charge in [-0.1, -0.05) is 11.6 Å². The van der Waals surface area contributed by atoms with E-state index in [1.165, 1.54) is 25.4 Å². The standard InChI is InChI=1S/C15H15ClN6O4/c1-26-13-11(16)7-18-15(20-13)19-9-4-5-21(8-9)14(23)12-3-2-10(6-17-12)22(24)25/h2-3,6-7,9H,4-5,8H2,1H3,(H,18,19,20)/t9-/m0/s1. The maximum atomic E-state index is 12.5. The molecule has 1 atom stereocenters. The number of nitro groups is 1. The third-order valence-electron chi connectivity index (χ3n) is 3.89. The number of anilines is 1. The molecule has 10 nitrogen and oxygen atoms in total. The second-order valence-electron chi connectivity index (χ2n) is 5.59. The van der Waals surface area contributed by atoms with Gasteiger partial charge in [-0.2, -0.15) is 4.98 Å². The molecule has 1 saturated heterocycles. The zero-order valence-corrected chi connectivity index (χ0v) is 14.5. The summed E-state index contributed by atoms with van der Waals surface area (Å²) in [5.74, 6) is 0.350. The number of methoxy groups -OCH3 is 1. The van der Waals surface area contributed by atoms with Crippen LogP contribution in [0.25, 0.3) is 0 Å². The highest BCUT2D eigenvalue weighted by atomic mass is 35.5. The summed E-state index contributed by atoms with van der Waals surface area (Å²) in [5, 5.41) is 14.1. The van der Waals surface area contributed by atoms with E-state index in [0.29, 0.717) is 30.5 Å². The van der Waals surface area contributed by atoms with Crippen molar-refractivity contribution >= 4 is 29.1 Å². The van der Waals surface area contributed by atoms with Crippen LogP contribution in [0.3, 0.4) is 0 Å². The van der Waals surface area contributed by atoms with Gasteiger partial charge in [-0.05, 0) is 12.5 Å². The zero-order chi connectivity index (χ0) is 18.7. The molecule has 0 aliphatic carbocycles. The number of aromatic nitrogens is 3. The number of carbonyl (C=O) groups excluding carboxylic acids is 1. The zero-order valence-electron chi connectivity index (χ0n) is 13.8. The Hall–Kier alpha value is -3.01. The van der Waals surface area contributed by atoms with E-state index in [1.807, 2.05) is 0 Å². The molecule has 1 amide bonds. The summed E-state index contributed by atoms with van der Waals surface area (Å²) >= 11 is 5.90. The maximum Gasteiger partial charge on any atom is 0.287 e. The molecule has 0 saturated carbocycles. The van der Waals surface area contributed by atoms with Gasteiger partial charge in [0.2, 0.25) is 11.8 Å². The Morgan fingerprint density at radius 1 is 1.42 bits per heavy atom. The Morgan fingerprint density at radius 2 is 2.23 bits per heavy atom. The van der Waals surface area contributed by atoms with Crippen LogP contribution in [-0.4, -0.2) is 56.9 Å². The molecule has 0 spiro atoms. The van der Waals surface area contributed by atoms with Gasteiger partial charge in [0.05, 0.1) is 18.2 Å². The molecule has 1 fully saturated rings. The van der Waals surface area contributed by atoms with Crippen LogP contribution in [0.5, 0.6) is 5.88 Å². The van der Waals surface area contributed by atoms with Crippen LogP contribution in [0.15, 0.2) is 24.5 Å². The van der Waals surface area contributed by atoms with E-state index in [4.69, 9.17) is 16.3 Å². The number of rotatable bonds is 5. The molecule has 0 aromatic carbocycles. The van der Waals surface area contributed by atoms with E-state index in [1.54, 1.807) is 4.90 Å². The van der Waals surface area contributed by atoms with Crippen LogP contribution in [-0.2, 0) is 0 Å². The van der Waals surface area contributed by atoms with Gasteiger partial charge in [-0.25, -0.2) is 9.97 Å². The smallest absolute Gasteiger partial charge is 0.287 e. The summed E-state index contributed by atoms with van der Waals surface area (Å²) in [6, 6.07) is 2.58. The summed E-state index contributed by atoms with van der Waals surface area (Å²) in [6.07, 6.45) is 3.22. The fourth-order valence-electron chi connectivity index (χ4n) is 2.59. The number of nitrogens with zero attached hydrogens (tertiary/aromatic N) is 5. The molecule has 0 bridgehead atoms. The van der Waals surface area contributed by atoms with Gasteiger partial charge in [0.15, 0.2) is 0 Å². The second kappa shape index (κ2) is 7.48. The van der Waals surface area contributed by atoms with Crippen molar-refractivity contribution in [1.82, 2.24) is 19.9 Å². The van der Waals surface area contributed by atoms with Gasteiger partial charge in [0.25, 0.3) is 11.6 Å². The average molecular weight is 379 g/mol. The minimum Gasteiger partial charge on any atom is -0.480 e. The molecule has 1 aliphatic rings. The van der Waals surface area contributed by atoms with E-state index in [2.05, 4.69) is 20.3 Å². The van der Waals surface area contributed by atoms with Gasteiger partial charge >= 0.3 is 0 Å². The lowest BCUT2D eigenvalue weighted by Crippen LogP contribution is -2.32. The fraction of sp³-hybridized carbons (Fsp3) is 0.333. The van der Waals surface area contributed by atoms with Gasteiger partial charge in [0.1, 0.15) is 16.9 Å². The quantitative estimate of drug-likeness (QED) is 0.616. The molecular formula is C15H15ClN6O4. The molecular weight excluding hydrogens is 364 g/mol. The molecule has 3 rings (SSSR count). The van der Waals surface area contributed by atoms with Crippen molar-refractivity contribution in [3.05, 3.63) is 45.4 Å². The van der Waals surface area contributed by atoms with E-state index in [-0.39, 0.29) is 29.2 Å². The Balaban J connectivity index is 1.62. The first kappa shape index (κ1) is 17.8. The number of carbonyl (C=O) groups is 1. The highest BCUT2D eigenvalue weighted by molar-refractivity contribution is 6.31. The third-order valence-corrected chi connectivity index (χ3v) is 4.15. The van der Waals surface area contributed by atoms with Crippen molar-refractivity contribution in [2.75, 3.05) is 25.5 Å². The maximum absolute atomic E-state index is 12.5. The van der Waals surface area contributed by atoms with E-state index >= 15 is 0 Å². The lowest BCUT2D eigenvalue weighted by atomic mass is 10.3. The number of amides is 1. The number of pyridine rings is 1. The van der Waals surface area contributed by atoms with Crippen LogP contribution in [0.4, 0.5) is 11.6 Å². The largest absolute Gasteiger partial charge is 0.480 e. The topological polar surface area (TPSA) is 123 Å². The third kappa shape index (κ3) is 3.80. The Bertz CT molecular complexity index is 831. The Labute approximate surface area is 153 Å². The monoisotopic (exact) mass is 378 g/mol. The molecule has 136 valence electrons. The van der Waals surface area contributed by atoms with Crippen molar-refractivity contribution in [2.45, 2.75) is 12.5 Å². The fourth-order valence-corrected chi connectivity index (χ4v) is 2.76. The highest BCUT2D eigenvalue weighted by Gasteiger charge is 2.28. The van der Waals surface area contributed by atoms with Crippen LogP contribution in [0.2, 0.25) is 5.02 Å². The number of nitrogens with one attached hydrogen (secondary N) is 1. The minimum absolute atomic E-state index is 0.0390. The lowest BCUT2D eigenvalue weighted by molar-refractivity contribution is -0.385. The summed E-state index contributed by atoms with van der Waals surface area (Å²) in [5.41, 5.74) is 0.0111. The van der Waals surface area contributed by atoms with Crippen LogP contribution in [0, 0.1) is 10.1 Å². The summed E-state index contributed by atoms with van der Waals surface area (Å²) in [7, 11) is 1.46. The predicted octanol–water partition coefficient (Wildman–Crippen LogP) is 1.77. The van der Waals surface area contributed by atoms with E-state index < -0.39 is 4.92 Å². The summed E-state index contributed by atoms with van der Waals surface area (Å²) in [4.78, 5) is 36.3. The number of ether oxygens (including phenoxy) is 1. The van der Waals surface area contributed by atoms with Crippen molar-refractivity contribution in [1.29, 1.82) is 0 Å². The van der Waals surface area contributed by atoms with Crippen molar-refractivity contribution in [3.8, 4) is 5.88 Å². The summed E-state index contributed by atoms with van der Waals surface area (Å²) in [6.45, 7) is 0.964. The molecule has 0 radical (unpaired) electrons.